The van der Waals surface area contributed by atoms with Crippen molar-refractivity contribution in [1.82, 2.24) is 4.98 Å². The number of benzene rings is 1. The van der Waals surface area contributed by atoms with Crippen molar-refractivity contribution in [3.63, 3.8) is 0 Å². The monoisotopic (exact) mass is 263 g/mol. The predicted octanol–water partition coefficient (Wildman–Crippen LogP) is 2.93. The Morgan fingerprint density at radius 1 is 1.39 bits per heavy atom. The lowest BCUT2D eigenvalue weighted by molar-refractivity contribution is 0.101. The van der Waals surface area contributed by atoms with E-state index in [1.165, 1.54) is 18.3 Å². The highest BCUT2D eigenvalue weighted by molar-refractivity contribution is 7.09. The molecule has 1 aromatic heterocycles. The van der Waals surface area contributed by atoms with Gasteiger partial charge in [-0.15, -0.1) is 11.3 Å². The van der Waals surface area contributed by atoms with E-state index in [4.69, 9.17) is 9.47 Å². The molecule has 2 aromatic rings. The molecule has 0 atom stereocenters. The number of ether oxygens (including phenoxy) is 2. The summed E-state index contributed by atoms with van der Waals surface area (Å²) in [6.45, 7) is 1.97. The van der Waals surface area contributed by atoms with Gasteiger partial charge in [-0.25, -0.2) is 0 Å². The molecular formula is C13H13NO3S. The van der Waals surface area contributed by atoms with E-state index in [0.717, 1.165) is 4.88 Å². The predicted molar refractivity (Wildman–Crippen MR) is 69.4 cm³/mol. The van der Waals surface area contributed by atoms with Crippen LogP contribution < -0.4 is 9.47 Å². The molecule has 0 aliphatic heterocycles. The first-order valence-corrected chi connectivity index (χ1v) is 6.28. The Morgan fingerprint density at radius 3 is 2.83 bits per heavy atom. The van der Waals surface area contributed by atoms with E-state index in [2.05, 4.69) is 4.98 Å². The van der Waals surface area contributed by atoms with Crippen molar-refractivity contribution in [2.75, 3.05) is 7.11 Å². The number of methoxy groups -OCH3 is 1. The molecule has 0 amide bonds. The number of ketones is 1. The van der Waals surface area contributed by atoms with Crippen molar-refractivity contribution in [2.24, 2.45) is 0 Å². The smallest absolute Gasteiger partial charge is 0.161 e. The van der Waals surface area contributed by atoms with Crippen LogP contribution in [-0.4, -0.2) is 17.9 Å². The highest BCUT2D eigenvalue weighted by Crippen LogP contribution is 2.29. The van der Waals surface area contributed by atoms with Gasteiger partial charge in [-0.2, -0.15) is 0 Å². The van der Waals surface area contributed by atoms with Crippen molar-refractivity contribution >= 4 is 17.1 Å². The number of rotatable bonds is 5. The molecule has 0 fully saturated rings. The zero-order valence-electron chi connectivity index (χ0n) is 10.2. The molecule has 1 heterocycles. The van der Waals surface area contributed by atoms with E-state index in [0.29, 0.717) is 23.7 Å². The number of hydrogen-bond donors (Lipinski definition) is 0. The molecule has 0 bridgehead atoms. The van der Waals surface area contributed by atoms with Crippen LogP contribution in [0.2, 0.25) is 0 Å². The fourth-order valence-corrected chi connectivity index (χ4v) is 1.97. The second-order valence-electron chi connectivity index (χ2n) is 3.68. The number of carbonyl (C=O) groups excluding carboxylic acids is 1. The summed E-state index contributed by atoms with van der Waals surface area (Å²) in [4.78, 5) is 16.3. The van der Waals surface area contributed by atoms with E-state index in [-0.39, 0.29) is 5.78 Å². The van der Waals surface area contributed by atoms with Crippen LogP contribution in [0.15, 0.2) is 29.9 Å². The first kappa shape index (κ1) is 12.6. The summed E-state index contributed by atoms with van der Waals surface area (Å²) in [5, 5.41) is 0. The Morgan fingerprint density at radius 2 is 2.22 bits per heavy atom. The minimum atomic E-state index is 0.00214. The average Bonchev–Trinajstić information content (AvgIpc) is 2.89. The third-order valence-corrected chi connectivity index (χ3v) is 3.18. The van der Waals surface area contributed by atoms with E-state index in [9.17, 15) is 4.79 Å². The summed E-state index contributed by atoms with van der Waals surface area (Å²) < 4.78 is 10.9. The molecule has 0 radical (unpaired) electrons. The number of nitrogens with zero attached hydrogens (tertiary/aromatic N) is 1. The van der Waals surface area contributed by atoms with Gasteiger partial charge in [-0.1, -0.05) is 0 Å². The number of Topliss-reactive ketones (excluding diaryl/α,β-unsaturated/α-hetero) is 1. The van der Waals surface area contributed by atoms with Crippen LogP contribution in [0.3, 0.4) is 0 Å². The molecule has 1 aromatic carbocycles. The maximum Gasteiger partial charge on any atom is 0.161 e. The fourth-order valence-electron chi connectivity index (χ4n) is 1.47. The van der Waals surface area contributed by atoms with E-state index in [1.807, 2.05) is 0 Å². The van der Waals surface area contributed by atoms with Gasteiger partial charge in [0.05, 0.1) is 17.5 Å². The first-order chi connectivity index (χ1) is 8.70. The van der Waals surface area contributed by atoms with Crippen LogP contribution in [0.25, 0.3) is 0 Å². The van der Waals surface area contributed by atoms with Crippen molar-refractivity contribution < 1.29 is 14.3 Å². The van der Waals surface area contributed by atoms with E-state index < -0.39 is 0 Å². The van der Waals surface area contributed by atoms with Crippen LogP contribution in [0, 0.1) is 0 Å². The van der Waals surface area contributed by atoms with Crippen molar-refractivity contribution in [3.8, 4) is 11.5 Å². The second-order valence-corrected chi connectivity index (χ2v) is 4.65. The van der Waals surface area contributed by atoms with Gasteiger partial charge in [-0.3, -0.25) is 9.78 Å². The maximum absolute atomic E-state index is 11.3. The number of hydrogen-bond acceptors (Lipinski definition) is 5. The summed E-state index contributed by atoms with van der Waals surface area (Å²) in [5.41, 5.74) is 2.37. The summed E-state index contributed by atoms with van der Waals surface area (Å²) >= 11 is 1.53. The standard InChI is InChI=1S/C13H13NO3S/c1-9(15)10-3-4-12(13(5-10)16-2)17-7-11-6-14-8-18-11/h3-6,8H,7H2,1-2H3. The van der Waals surface area contributed by atoms with Crippen LogP contribution >= 0.6 is 11.3 Å². The summed E-state index contributed by atoms with van der Waals surface area (Å²) in [7, 11) is 1.55. The van der Waals surface area contributed by atoms with Crippen molar-refractivity contribution in [3.05, 3.63) is 40.3 Å². The molecule has 0 saturated carbocycles. The topological polar surface area (TPSA) is 48.4 Å². The largest absolute Gasteiger partial charge is 0.493 e. The fraction of sp³-hybridized carbons (Fsp3) is 0.231. The molecule has 4 nitrogen and oxygen atoms in total. The minimum Gasteiger partial charge on any atom is -0.493 e. The molecular weight excluding hydrogens is 250 g/mol. The molecule has 5 heteroatoms. The summed E-state index contributed by atoms with van der Waals surface area (Å²) in [6.07, 6.45) is 1.76. The van der Waals surface area contributed by atoms with Gasteiger partial charge in [0.1, 0.15) is 6.61 Å². The molecule has 0 aliphatic carbocycles. The van der Waals surface area contributed by atoms with Crippen LogP contribution in [0.4, 0.5) is 0 Å². The van der Waals surface area contributed by atoms with Gasteiger partial charge in [0, 0.05) is 11.8 Å². The SMILES string of the molecule is COc1cc(C(C)=O)ccc1OCc1cncs1. The molecule has 0 N–H and O–H groups in total. The zero-order valence-corrected chi connectivity index (χ0v) is 11.0. The number of carbonyl (C=O) groups is 1. The van der Waals surface area contributed by atoms with E-state index in [1.54, 1.807) is 37.0 Å². The average molecular weight is 263 g/mol. The Labute approximate surface area is 109 Å². The molecule has 2 rings (SSSR count). The Balaban J connectivity index is 2.14. The minimum absolute atomic E-state index is 0.00214. The molecule has 94 valence electrons. The zero-order chi connectivity index (χ0) is 13.0. The summed E-state index contributed by atoms with van der Waals surface area (Å²) in [6, 6.07) is 5.16. The van der Waals surface area contributed by atoms with Gasteiger partial charge >= 0.3 is 0 Å². The van der Waals surface area contributed by atoms with Gasteiger partial charge in [0.15, 0.2) is 17.3 Å². The second kappa shape index (κ2) is 5.64. The van der Waals surface area contributed by atoms with Crippen molar-refractivity contribution in [2.45, 2.75) is 13.5 Å². The molecule has 0 saturated heterocycles. The van der Waals surface area contributed by atoms with Crippen molar-refractivity contribution in [1.29, 1.82) is 0 Å². The highest BCUT2D eigenvalue weighted by Gasteiger charge is 2.08. The van der Waals surface area contributed by atoms with Crippen LogP contribution in [0.1, 0.15) is 22.2 Å². The third-order valence-electron chi connectivity index (χ3n) is 2.42. The maximum atomic E-state index is 11.3. The third kappa shape index (κ3) is 2.87. The molecule has 0 spiro atoms. The van der Waals surface area contributed by atoms with Gasteiger partial charge in [-0.05, 0) is 25.1 Å². The normalized spacial score (nSPS) is 10.1. The van der Waals surface area contributed by atoms with Crippen LogP contribution in [0.5, 0.6) is 11.5 Å². The lowest BCUT2D eigenvalue weighted by Gasteiger charge is -2.10. The number of thiazole rings is 1. The summed E-state index contributed by atoms with van der Waals surface area (Å²) in [5.74, 6) is 1.19. The number of aromatic nitrogens is 1. The van der Waals surface area contributed by atoms with Gasteiger partial charge < -0.3 is 9.47 Å². The van der Waals surface area contributed by atoms with Crippen LogP contribution in [-0.2, 0) is 6.61 Å². The van der Waals surface area contributed by atoms with Gasteiger partial charge in [0.2, 0.25) is 0 Å². The Kier molecular flexibility index (Phi) is 3.94. The van der Waals surface area contributed by atoms with Gasteiger partial charge in [0.25, 0.3) is 0 Å². The Hall–Kier alpha value is -1.88. The lowest BCUT2D eigenvalue weighted by atomic mass is 10.1. The van der Waals surface area contributed by atoms with E-state index >= 15 is 0 Å². The lowest BCUT2D eigenvalue weighted by Crippen LogP contribution is -1.98. The first-order valence-electron chi connectivity index (χ1n) is 5.40. The Bertz CT molecular complexity index is 537. The molecule has 0 unspecified atom stereocenters. The molecule has 18 heavy (non-hydrogen) atoms. The molecule has 0 aliphatic rings. The highest BCUT2D eigenvalue weighted by atomic mass is 32.1. The quantitative estimate of drug-likeness (QED) is 0.778.